The van der Waals surface area contributed by atoms with E-state index >= 15 is 0 Å². The number of aliphatic hydroxyl groups is 1. The van der Waals surface area contributed by atoms with Crippen LogP contribution >= 0.6 is 0 Å². The molecule has 0 bridgehead atoms. The molecule has 0 radical (unpaired) electrons. The lowest BCUT2D eigenvalue weighted by atomic mass is 10.2. The molecule has 3 heteroatoms. The standard InChI is InChI=1S/C10H20N2O/c13-8-7-11-4-2-6-12-5-1-3-10(12)9-11/h10,13H,1-9H2. The van der Waals surface area contributed by atoms with E-state index in [0.29, 0.717) is 6.61 Å². The van der Waals surface area contributed by atoms with Crippen molar-refractivity contribution in [3.63, 3.8) is 0 Å². The van der Waals surface area contributed by atoms with Crippen LogP contribution in [0.15, 0.2) is 0 Å². The average Bonchev–Trinajstić information content (AvgIpc) is 2.46. The number of hydrogen-bond donors (Lipinski definition) is 1. The molecule has 2 aliphatic heterocycles. The van der Waals surface area contributed by atoms with Crippen LogP contribution in [0.25, 0.3) is 0 Å². The monoisotopic (exact) mass is 184 g/mol. The molecule has 1 atom stereocenters. The fourth-order valence-electron chi connectivity index (χ4n) is 2.63. The van der Waals surface area contributed by atoms with Crippen LogP contribution in [0, 0.1) is 0 Å². The van der Waals surface area contributed by atoms with Gasteiger partial charge in [-0.3, -0.25) is 9.80 Å². The average molecular weight is 184 g/mol. The van der Waals surface area contributed by atoms with Gasteiger partial charge in [-0.25, -0.2) is 0 Å². The summed E-state index contributed by atoms with van der Waals surface area (Å²) in [6.07, 6.45) is 4.01. The molecule has 76 valence electrons. The van der Waals surface area contributed by atoms with Gasteiger partial charge in [0.15, 0.2) is 0 Å². The maximum atomic E-state index is 8.90. The lowest BCUT2D eigenvalue weighted by molar-refractivity contribution is 0.179. The van der Waals surface area contributed by atoms with E-state index in [1.165, 1.54) is 45.4 Å². The molecule has 0 aliphatic carbocycles. The van der Waals surface area contributed by atoms with Gasteiger partial charge in [0, 0.05) is 19.1 Å². The Balaban J connectivity index is 1.89. The van der Waals surface area contributed by atoms with E-state index in [-0.39, 0.29) is 0 Å². The van der Waals surface area contributed by atoms with Crippen molar-refractivity contribution in [2.45, 2.75) is 25.3 Å². The van der Waals surface area contributed by atoms with Gasteiger partial charge in [-0.05, 0) is 38.9 Å². The van der Waals surface area contributed by atoms with Crippen LogP contribution in [0.5, 0.6) is 0 Å². The zero-order valence-corrected chi connectivity index (χ0v) is 8.28. The molecule has 1 N–H and O–H groups in total. The maximum Gasteiger partial charge on any atom is 0.0558 e. The molecule has 1 unspecified atom stereocenters. The third-order valence-corrected chi connectivity index (χ3v) is 3.30. The van der Waals surface area contributed by atoms with Crippen LogP contribution in [0.2, 0.25) is 0 Å². The molecule has 0 spiro atoms. The highest BCUT2D eigenvalue weighted by molar-refractivity contribution is 4.84. The molecular formula is C10H20N2O. The summed E-state index contributed by atoms with van der Waals surface area (Å²) >= 11 is 0. The first kappa shape index (κ1) is 9.44. The van der Waals surface area contributed by atoms with Crippen molar-refractivity contribution in [1.29, 1.82) is 0 Å². The maximum absolute atomic E-state index is 8.90. The predicted octanol–water partition coefficient (Wildman–Crippen LogP) is 0.149. The van der Waals surface area contributed by atoms with Gasteiger partial charge in [-0.15, -0.1) is 0 Å². The summed E-state index contributed by atoms with van der Waals surface area (Å²) in [6.45, 7) is 6.11. The van der Waals surface area contributed by atoms with Crippen molar-refractivity contribution in [3.8, 4) is 0 Å². The third-order valence-electron chi connectivity index (χ3n) is 3.30. The highest BCUT2D eigenvalue weighted by Crippen LogP contribution is 2.20. The Morgan fingerprint density at radius 3 is 2.85 bits per heavy atom. The Kier molecular flexibility index (Phi) is 3.19. The van der Waals surface area contributed by atoms with Gasteiger partial charge < -0.3 is 5.11 Å². The lowest BCUT2D eigenvalue weighted by Crippen LogP contribution is -2.37. The summed E-state index contributed by atoms with van der Waals surface area (Å²) < 4.78 is 0. The van der Waals surface area contributed by atoms with Crippen LogP contribution in [-0.4, -0.2) is 60.3 Å². The van der Waals surface area contributed by atoms with Crippen molar-refractivity contribution in [2.24, 2.45) is 0 Å². The first-order valence-electron chi connectivity index (χ1n) is 5.47. The van der Waals surface area contributed by atoms with Crippen molar-refractivity contribution in [1.82, 2.24) is 9.80 Å². The van der Waals surface area contributed by atoms with Crippen LogP contribution in [0.1, 0.15) is 19.3 Å². The number of hydrogen-bond acceptors (Lipinski definition) is 3. The fourth-order valence-corrected chi connectivity index (χ4v) is 2.63. The summed E-state index contributed by atoms with van der Waals surface area (Å²) in [5, 5.41) is 8.90. The van der Waals surface area contributed by atoms with Gasteiger partial charge in [0.2, 0.25) is 0 Å². The van der Waals surface area contributed by atoms with Crippen LogP contribution in [0.3, 0.4) is 0 Å². The molecule has 0 aromatic carbocycles. The van der Waals surface area contributed by atoms with E-state index in [2.05, 4.69) is 9.80 Å². The fraction of sp³-hybridized carbons (Fsp3) is 1.00. The number of nitrogens with zero attached hydrogens (tertiary/aromatic N) is 2. The van der Waals surface area contributed by atoms with Crippen LogP contribution in [0.4, 0.5) is 0 Å². The molecule has 2 saturated heterocycles. The highest BCUT2D eigenvalue weighted by atomic mass is 16.3. The second kappa shape index (κ2) is 4.40. The van der Waals surface area contributed by atoms with Gasteiger partial charge in [0.25, 0.3) is 0 Å². The summed E-state index contributed by atoms with van der Waals surface area (Å²) in [4.78, 5) is 5.04. The molecule has 13 heavy (non-hydrogen) atoms. The molecule has 2 rings (SSSR count). The van der Waals surface area contributed by atoms with Gasteiger partial charge in [0.1, 0.15) is 0 Å². The third kappa shape index (κ3) is 2.22. The number of β-amino-alcohol motifs (C(OH)–C–C–N with tert-alkyl or cyclic N) is 1. The zero-order valence-electron chi connectivity index (χ0n) is 8.28. The minimum absolute atomic E-state index is 0.312. The van der Waals surface area contributed by atoms with Gasteiger partial charge in [-0.1, -0.05) is 0 Å². The number of fused-ring (bicyclic) bond motifs is 1. The van der Waals surface area contributed by atoms with Gasteiger partial charge in [-0.2, -0.15) is 0 Å². The smallest absolute Gasteiger partial charge is 0.0558 e. The Morgan fingerprint density at radius 2 is 2.00 bits per heavy atom. The van der Waals surface area contributed by atoms with Crippen molar-refractivity contribution in [3.05, 3.63) is 0 Å². The van der Waals surface area contributed by atoms with E-state index in [4.69, 9.17) is 5.11 Å². The van der Waals surface area contributed by atoms with Crippen molar-refractivity contribution >= 4 is 0 Å². The SMILES string of the molecule is OCCN1CCCN2CCCC2C1. The largest absolute Gasteiger partial charge is 0.395 e. The molecular weight excluding hydrogens is 164 g/mol. The highest BCUT2D eigenvalue weighted by Gasteiger charge is 2.28. The summed E-state index contributed by atoms with van der Waals surface area (Å²) in [5.74, 6) is 0. The Hall–Kier alpha value is -0.120. The molecule has 0 aromatic heterocycles. The van der Waals surface area contributed by atoms with Crippen LogP contribution in [-0.2, 0) is 0 Å². The summed E-state index contributed by atoms with van der Waals surface area (Å²) in [5.41, 5.74) is 0. The van der Waals surface area contributed by atoms with Gasteiger partial charge in [0.05, 0.1) is 6.61 Å². The summed E-state index contributed by atoms with van der Waals surface area (Å²) in [7, 11) is 0. The molecule has 2 aliphatic rings. The predicted molar refractivity (Wildman–Crippen MR) is 52.7 cm³/mol. The van der Waals surface area contributed by atoms with E-state index in [1.54, 1.807) is 0 Å². The lowest BCUT2D eigenvalue weighted by Gasteiger charge is -2.24. The Bertz CT molecular complexity index is 163. The summed E-state index contributed by atoms with van der Waals surface area (Å²) in [6, 6.07) is 0.786. The van der Waals surface area contributed by atoms with Gasteiger partial charge >= 0.3 is 0 Å². The quantitative estimate of drug-likeness (QED) is 0.662. The van der Waals surface area contributed by atoms with Crippen molar-refractivity contribution in [2.75, 3.05) is 39.3 Å². The van der Waals surface area contributed by atoms with E-state index in [1.807, 2.05) is 0 Å². The molecule has 0 saturated carbocycles. The van der Waals surface area contributed by atoms with Crippen molar-refractivity contribution < 1.29 is 5.11 Å². The second-order valence-electron chi connectivity index (χ2n) is 4.21. The number of aliphatic hydroxyl groups excluding tert-OH is 1. The normalized spacial score (nSPS) is 31.6. The zero-order chi connectivity index (χ0) is 9.10. The molecule has 2 fully saturated rings. The molecule has 0 amide bonds. The van der Waals surface area contributed by atoms with E-state index in [9.17, 15) is 0 Å². The topological polar surface area (TPSA) is 26.7 Å². The first-order chi connectivity index (χ1) is 6.40. The van der Waals surface area contributed by atoms with E-state index in [0.717, 1.165) is 12.6 Å². The molecule has 2 heterocycles. The second-order valence-corrected chi connectivity index (χ2v) is 4.21. The van der Waals surface area contributed by atoms with E-state index < -0.39 is 0 Å². The Labute approximate surface area is 80.3 Å². The Morgan fingerprint density at radius 1 is 1.15 bits per heavy atom. The molecule has 3 nitrogen and oxygen atoms in total. The first-order valence-corrected chi connectivity index (χ1v) is 5.47. The van der Waals surface area contributed by atoms with Crippen LogP contribution < -0.4 is 0 Å². The number of rotatable bonds is 2. The minimum atomic E-state index is 0.312. The minimum Gasteiger partial charge on any atom is -0.395 e. The molecule has 0 aromatic rings.